The van der Waals surface area contributed by atoms with Crippen LogP contribution in [0, 0.1) is 0 Å². The number of aryl methyl sites for hydroxylation is 2. The van der Waals surface area contributed by atoms with Gasteiger partial charge in [0.25, 0.3) is 0 Å². The maximum absolute atomic E-state index is 10.6. The largest absolute Gasteiger partial charge is 0.507 e. The Bertz CT molecular complexity index is 736. The van der Waals surface area contributed by atoms with Crippen molar-refractivity contribution in [2.45, 2.75) is 91.9 Å². The minimum atomic E-state index is 0.324. The van der Waals surface area contributed by atoms with Crippen LogP contribution in [-0.4, -0.2) is 21.7 Å². The molecule has 0 spiro atoms. The normalized spacial score (nSPS) is 12.0. The van der Waals surface area contributed by atoms with Crippen LogP contribution < -0.4 is 0 Å². The van der Waals surface area contributed by atoms with Crippen LogP contribution in [0.3, 0.4) is 0 Å². The smallest absolute Gasteiger partial charge is 0.122 e. The van der Waals surface area contributed by atoms with Gasteiger partial charge < -0.3 is 10.2 Å². The van der Waals surface area contributed by atoms with Crippen molar-refractivity contribution < 1.29 is 10.2 Å². The lowest BCUT2D eigenvalue weighted by atomic mass is 9.91. The van der Waals surface area contributed by atoms with E-state index in [1.165, 1.54) is 11.1 Å². The predicted molar refractivity (Wildman–Crippen MR) is 137 cm³/mol. The van der Waals surface area contributed by atoms with Gasteiger partial charge in [-0.1, -0.05) is 79.7 Å². The van der Waals surface area contributed by atoms with Gasteiger partial charge in [-0.05, 0) is 81.4 Å². The molecule has 0 unspecified atom stereocenters. The Kier molecular flexibility index (Phi) is 9.36. The molecule has 2 aromatic carbocycles. The third-order valence-corrected chi connectivity index (χ3v) is 7.00. The second-order valence-corrected chi connectivity index (χ2v) is 11.2. The zero-order valence-electron chi connectivity index (χ0n) is 20.7. The summed E-state index contributed by atoms with van der Waals surface area (Å²) in [5.74, 6) is 4.41. The van der Waals surface area contributed by atoms with Crippen LogP contribution in [0.15, 0.2) is 24.3 Å². The van der Waals surface area contributed by atoms with Crippen LogP contribution in [0.4, 0.5) is 0 Å². The van der Waals surface area contributed by atoms with Gasteiger partial charge in [0, 0.05) is 0 Å². The van der Waals surface area contributed by atoms with E-state index in [1.54, 1.807) is 0 Å². The van der Waals surface area contributed by atoms with Gasteiger partial charge in [-0.15, -0.1) is 0 Å². The highest BCUT2D eigenvalue weighted by Crippen LogP contribution is 2.36. The number of hydrogen-bond acceptors (Lipinski definition) is 3. The molecule has 0 fully saturated rings. The second kappa shape index (κ2) is 11.3. The molecule has 172 valence electrons. The average Bonchev–Trinajstić information content (AvgIpc) is 2.68. The first-order chi connectivity index (χ1) is 14.5. The molecular weight excluding hydrogens is 400 g/mol. The molecule has 2 N–H and O–H groups in total. The number of hydrogen-bond donors (Lipinski definition) is 2. The van der Waals surface area contributed by atoms with E-state index in [9.17, 15) is 10.2 Å². The van der Waals surface area contributed by atoms with Crippen molar-refractivity contribution in [1.82, 2.24) is 0 Å². The van der Waals surface area contributed by atoms with Gasteiger partial charge in [0.15, 0.2) is 0 Å². The molecule has 0 saturated carbocycles. The number of phenolic OH excluding ortho intramolecular Hbond substituents is 2. The fourth-order valence-corrected chi connectivity index (χ4v) is 4.98. The highest BCUT2D eigenvalue weighted by molar-refractivity contribution is 7.99. The fourth-order valence-electron chi connectivity index (χ4n) is 4.02. The molecule has 0 heterocycles. The maximum Gasteiger partial charge on any atom is 0.122 e. The molecule has 2 aromatic rings. The number of aromatic hydroxyl groups is 2. The summed E-state index contributed by atoms with van der Waals surface area (Å²) >= 11 is 1.98. The average molecular weight is 443 g/mol. The molecule has 0 saturated heterocycles. The van der Waals surface area contributed by atoms with Crippen LogP contribution in [0.25, 0.3) is 0 Å². The lowest BCUT2D eigenvalue weighted by Gasteiger charge is -2.18. The highest BCUT2D eigenvalue weighted by Gasteiger charge is 2.16. The monoisotopic (exact) mass is 442 g/mol. The third kappa shape index (κ3) is 6.68. The van der Waals surface area contributed by atoms with Crippen molar-refractivity contribution in [3.63, 3.8) is 0 Å². The van der Waals surface area contributed by atoms with Crippen molar-refractivity contribution in [2.75, 3.05) is 11.5 Å². The molecule has 3 heteroatoms. The lowest BCUT2D eigenvalue weighted by Crippen LogP contribution is -2.01. The predicted octanol–water partition coefficient (Wildman–Crippen LogP) is 8.11. The van der Waals surface area contributed by atoms with Crippen molar-refractivity contribution in [3.8, 4) is 11.5 Å². The summed E-state index contributed by atoms with van der Waals surface area (Å²) in [6, 6.07) is 8.76. The Labute approximate surface area is 194 Å². The van der Waals surface area contributed by atoms with E-state index in [0.29, 0.717) is 35.2 Å². The van der Waals surface area contributed by atoms with Gasteiger partial charge in [0.2, 0.25) is 0 Å². The molecule has 0 radical (unpaired) electrons. The minimum absolute atomic E-state index is 0.324. The number of thioether (sulfide) groups is 1. The van der Waals surface area contributed by atoms with E-state index in [0.717, 1.165) is 46.6 Å². The molecular formula is C28H42O2S. The Hall–Kier alpha value is -1.61. The first kappa shape index (κ1) is 25.6. The van der Waals surface area contributed by atoms with Gasteiger partial charge in [0.1, 0.15) is 11.5 Å². The first-order valence-electron chi connectivity index (χ1n) is 11.8. The minimum Gasteiger partial charge on any atom is -0.507 e. The van der Waals surface area contributed by atoms with Crippen LogP contribution in [0.2, 0.25) is 0 Å². The molecule has 0 aliphatic heterocycles. The first-order valence-corrected chi connectivity index (χ1v) is 13.0. The van der Waals surface area contributed by atoms with Crippen molar-refractivity contribution in [1.29, 1.82) is 0 Å². The van der Waals surface area contributed by atoms with Crippen molar-refractivity contribution in [2.24, 2.45) is 0 Å². The molecule has 2 rings (SSSR count). The Morgan fingerprint density at radius 1 is 0.548 bits per heavy atom. The van der Waals surface area contributed by atoms with Gasteiger partial charge in [0.05, 0.1) is 0 Å². The summed E-state index contributed by atoms with van der Waals surface area (Å²) in [7, 11) is 0. The number of benzene rings is 2. The Morgan fingerprint density at radius 2 is 0.806 bits per heavy atom. The maximum atomic E-state index is 10.6. The molecule has 31 heavy (non-hydrogen) atoms. The SMILES string of the molecule is CC(C)c1cc(CCSCCc2cc(C(C)C)c(O)c(C(C)C)c2)cc(C(C)C)c1O. The summed E-state index contributed by atoms with van der Waals surface area (Å²) in [5.41, 5.74) is 6.92. The molecule has 0 amide bonds. The van der Waals surface area contributed by atoms with E-state index in [-0.39, 0.29) is 0 Å². The van der Waals surface area contributed by atoms with Crippen LogP contribution in [0.5, 0.6) is 11.5 Å². The van der Waals surface area contributed by atoms with Crippen LogP contribution in [0.1, 0.15) is 112 Å². The van der Waals surface area contributed by atoms with E-state index in [1.807, 2.05) is 11.8 Å². The fraction of sp³-hybridized carbons (Fsp3) is 0.571. The molecule has 0 atom stereocenters. The Morgan fingerprint density at radius 3 is 1.03 bits per heavy atom. The van der Waals surface area contributed by atoms with Gasteiger partial charge >= 0.3 is 0 Å². The number of phenols is 2. The summed E-state index contributed by atoms with van der Waals surface area (Å²) in [4.78, 5) is 0. The van der Waals surface area contributed by atoms with Gasteiger partial charge in [-0.3, -0.25) is 0 Å². The van der Waals surface area contributed by atoms with E-state index >= 15 is 0 Å². The molecule has 0 aliphatic rings. The van der Waals surface area contributed by atoms with Crippen molar-refractivity contribution in [3.05, 3.63) is 57.6 Å². The third-order valence-electron chi connectivity index (χ3n) is 6.02. The zero-order chi connectivity index (χ0) is 23.3. The molecule has 0 aromatic heterocycles. The van der Waals surface area contributed by atoms with Crippen LogP contribution >= 0.6 is 11.8 Å². The second-order valence-electron chi connectivity index (χ2n) is 9.98. The summed E-state index contributed by atoms with van der Waals surface area (Å²) in [6.45, 7) is 17.2. The lowest BCUT2D eigenvalue weighted by molar-refractivity contribution is 0.453. The van der Waals surface area contributed by atoms with E-state index in [4.69, 9.17) is 0 Å². The zero-order valence-corrected chi connectivity index (χ0v) is 21.6. The van der Waals surface area contributed by atoms with Crippen LogP contribution in [-0.2, 0) is 12.8 Å². The molecule has 2 nitrogen and oxygen atoms in total. The van der Waals surface area contributed by atoms with Crippen molar-refractivity contribution >= 4 is 11.8 Å². The summed E-state index contributed by atoms with van der Waals surface area (Å²) in [6.07, 6.45) is 2.04. The highest BCUT2D eigenvalue weighted by atomic mass is 32.2. The van der Waals surface area contributed by atoms with Gasteiger partial charge in [-0.25, -0.2) is 0 Å². The number of rotatable bonds is 10. The standard InChI is InChI=1S/C28H42O2S/c1-17(2)23-13-21(14-24(18(3)4)27(23)29)9-11-31-12-10-22-15-25(19(5)6)28(30)26(16-22)20(7)8/h13-20,29-30H,9-12H2,1-8H3. The molecule has 0 aliphatic carbocycles. The van der Waals surface area contributed by atoms with E-state index in [2.05, 4.69) is 79.7 Å². The van der Waals surface area contributed by atoms with Gasteiger partial charge in [-0.2, -0.15) is 11.8 Å². The quantitative estimate of drug-likeness (QED) is 0.365. The summed E-state index contributed by atoms with van der Waals surface area (Å²) < 4.78 is 0. The van der Waals surface area contributed by atoms with E-state index < -0.39 is 0 Å². The topological polar surface area (TPSA) is 40.5 Å². The molecule has 0 bridgehead atoms. The Balaban J connectivity index is 2.01. The summed E-state index contributed by atoms with van der Waals surface area (Å²) in [5, 5.41) is 21.2.